The average Bonchev–Trinajstić information content (AvgIpc) is 2.39. The van der Waals surface area contributed by atoms with E-state index in [1.807, 2.05) is 12.3 Å². The lowest BCUT2D eigenvalue weighted by molar-refractivity contribution is 0.172. The lowest BCUT2D eigenvalue weighted by Crippen LogP contribution is -2.29. The number of aromatic nitrogens is 1. The molecule has 2 aromatic rings. The predicted octanol–water partition coefficient (Wildman–Crippen LogP) is 3.12. The highest BCUT2D eigenvalue weighted by atomic mass is 79.9. The number of fused-ring (bicyclic) bond motifs is 1. The summed E-state index contributed by atoms with van der Waals surface area (Å²) in [6.07, 6.45) is 1.83. The second-order valence-electron chi connectivity index (χ2n) is 4.34. The summed E-state index contributed by atoms with van der Waals surface area (Å²) in [6, 6.07) is 8.54. The lowest BCUT2D eigenvalue weighted by Gasteiger charge is -2.14. The number of ether oxygens (including phenoxy) is 1. The van der Waals surface area contributed by atoms with Gasteiger partial charge in [0.25, 0.3) is 0 Å². The third-order valence-electron chi connectivity index (χ3n) is 2.86. The van der Waals surface area contributed by atoms with Gasteiger partial charge in [-0.1, -0.05) is 28.1 Å². The number of hydrogen-bond donors (Lipinski definition) is 1. The van der Waals surface area contributed by atoms with Crippen LogP contribution in [-0.2, 0) is 11.3 Å². The quantitative estimate of drug-likeness (QED) is 0.921. The van der Waals surface area contributed by atoms with Crippen LogP contribution < -0.4 is 5.32 Å². The fourth-order valence-electron chi connectivity index (χ4n) is 1.93. The Kier molecular flexibility index (Phi) is 4.69. The zero-order valence-corrected chi connectivity index (χ0v) is 12.2. The predicted molar refractivity (Wildman–Crippen MR) is 77.6 cm³/mol. The molecule has 0 bridgehead atoms. The largest absolute Gasteiger partial charge is 0.383 e. The number of nitrogens with one attached hydrogen (secondary N) is 1. The van der Waals surface area contributed by atoms with Crippen LogP contribution in [0.25, 0.3) is 10.9 Å². The van der Waals surface area contributed by atoms with E-state index in [1.54, 1.807) is 7.11 Å². The van der Waals surface area contributed by atoms with E-state index < -0.39 is 0 Å². The van der Waals surface area contributed by atoms with Crippen molar-refractivity contribution in [1.82, 2.24) is 10.3 Å². The Hall–Kier alpha value is -0.970. The lowest BCUT2D eigenvalue weighted by atomic mass is 10.1. The number of halogens is 1. The molecule has 0 aliphatic carbocycles. The molecule has 1 aromatic heterocycles. The van der Waals surface area contributed by atoms with Gasteiger partial charge in [0.2, 0.25) is 0 Å². The van der Waals surface area contributed by atoms with Crippen molar-refractivity contribution in [2.45, 2.75) is 19.5 Å². The highest BCUT2D eigenvalue weighted by Gasteiger charge is 2.06. The molecule has 3 nitrogen and oxygen atoms in total. The van der Waals surface area contributed by atoms with Crippen molar-refractivity contribution < 1.29 is 4.74 Å². The van der Waals surface area contributed by atoms with Gasteiger partial charge in [0.15, 0.2) is 0 Å². The van der Waals surface area contributed by atoms with E-state index in [0.717, 1.165) is 21.9 Å². The molecule has 1 N–H and O–H groups in total. The van der Waals surface area contributed by atoms with Crippen LogP contribution in [0.2, 0.25) is 0 Å². The van der Waals surface area contributed by atoms with Crippen molar-refractivity contribution in [2.24, 2.45) is 0 Å². The number of hydrogen-bond acceptors (Lipinski definition) is 3. The highest BCUT2D eigenvalue weighted by molar-refractivity contribution is 9.10. The van der Waals surface area contributed by atoms with Crippen LogP contribution in [0.15, 0.2) is 34.9 Å². The van der Waals surface area contributed by atoms with E-state index >= 15 is 0 Å². The van der Waals surface area contributed by atoms with Gasteiger partial charge >= 0.3 is 0 Å². The topological polar surface area (TPSA) is 34.1 Å². The van der Waals surface area contributed by atoms with Crippen molar-refractivity contribution in [3.63, 3.8) is 0 Å². The summed E-state index contributed by atoms with van der Waals surface area (Å²) in [5, 5.41) is 4.58. The van der Waals surface area contributed by atoms with E-state index in [4.69, 9.17) is 4.74 Å². The van der Waals surface area contributed by atoms with Gasteiger partial charge in [0.1, 0.15) is 0 Å². The molecule has 0 radical (unpaired) electrons. The molecule has 1 aromatic carbocycles. The van der Waals surface area contributed by atoms with Crippen LogP contribution in [0.3, 0.4) is 0 Å². The van der Waals surface area contributed by atoms with Crippen LogP contribution in [0.5, 0.6) is 0 Å². The molecule has 1 heterocycles. The summed E-state index contributed by atoms with van der Waals surface area (Å²) in [4.78, 5) is 4.46. The van der Waals surface area contributed by atoms with Crippen molar-refractivity contribution >= 4 is 26.8 Å². The SMILES string of the molecule is COC[C@@H](C)NCc1ccc(Br)c2cccnc12. The van der Waals surface area contributed by atoms with Crippen molar-refractivity contribution in [3.8, 4) is 0 Å². The molecule has 0 saturated carbocycles. The van der Waals surface area contributed by atoms with Crippen molar-refractivity contribution in [1.29, 1.82) is 0 Å². The monoisotopic (exact) mass is 308 g/mol. The molecular formula is C14H17BrN2O. The first kappa shape index (κ1) is 13.5. The number of pyridine rings is 1. The number of nitrogens with zero attached hydrogens (tertiary/aromatic N) is 1. The number of methoxy groups -OCH3 is 1. The van der Waals surface area contributed by atoms with Crippen LogP contribution in [-0.4, -0.2) is 24.7 Å². The summed E-state index contributed by atoms with van der Waals surface area (Å²) in [6.45, 7) is 3.62. The Bertz CT molecular complexity index is 530. The maximum Gasteiger partial charge on any atom is 0.0758 e. The Morgan fingerprint density at radius 1 is 1.39 bits per heavy atom. The highest BCUT2D eigenvalue weighted by Crippen LogP contribution is 2.25. The molecule has 0 fully saturated rings. The van der Waals surface area contributed by atoms with Crippen molar-refractivity contribution in [3.05, 3.63) is 40.5 Å². The molecule has 0 spiro atoms. The minimum Gasteiger partial charge on any atom is -0.383 e. The average molecular weight is 309 g/mol. The van der Waals surface area contributed by atoms with Gasteiger partial charge < -0.3 is 10.1 Å². The van der Waals surface area contributed by atoms with Gasteiger partial charge in [0.05, 0.1) is 12.1 Å². The van der Waals surface area contributed by atoms with Gasteiger partial charge in [-0.15, -0.1) is 0 Å². The van der Waals surface area contributed by atoms with E-state index in [-0.39, 0.29) is 0 Å². The van der Waals surface area contributed by atoms with Crippen LogP contribution in [0, 0.1) is 0 Å². The van der Waals surface area contributed by atoms with Gasteiger partial charge in [-0.3, -0.25) is 4.98 Å². The maximum absolute atomic E-state index is 5.11. The van der Waals surface area contributed by atoms with Crippen LogP contribution in [0.4, 0.5) is 0 Å². The Morgan fingerprint density at radius 2 is 2.22 bits per heavy atom. The molecule has 18 heavy (non-hydrogen) atoms. The van der Waals surface area contributed by atoms with Gasteiger partial charge in [-0.05, 0) is 24.6 Å². The molecule has 4 heteroatoms. The first-order chi connectivity index (χ1) is 8.72. The van der Waals surface area contributed by atoms with Crippen molar-refractivity contribution in [2.75, 3.05) is 13.7 Å². The minimum absolute atomic E-state index is 0.331. The molecule has 0 aliphatic heterocycles. The summed E-state index contributed by atoms with van der Waals surface area (Å²) in [5.74, 6) is 0. The van der Waals surface area contributed by atoms with Crippen LogP contribution >= 0.6 is 15.9 Å². The van der Waals surface area contributed by atoms with E-state index in [9.17, 15) is 0 Å². The molecule has 0 amide bonds. The third-order valence-corrected chi connectivity index (χ3v) is 3.55. The first-order valence-electron chi connectivity index (χ1n) is 5.97. The second kappa shape index (κ2) is 6.27. The Labute approximate surface area is 116 Å². The Balaban J connectivity index is 2.21. The van der Waals surface area contributed by atoms with Gasteiger partial charge in [0, 0.05) is 35.8 Å². The van der Waals surface area contributed by atoms with Gasteiger partial charge in [-0.2, -0.15) is 0 Å². The zero-order valence-electron chi connectivity index (χ0n) is 10.6. The summed E-state index contributed by atoms with van der Waals surface area (Å²) in [7, 11) is 1.72. The molecule has 1 atom stereocenters. The summed E-state index contributed by atoms with van der Waals surface area (Å²) < 4.78 is 6.20. The first-order valence-corrected chi connectivity index (χ1v) is 6.76. The zero-order chi connectivity index (χ0) is 13.0. The van der Waals surface area contributed by atoms with E-state index in [1.165, 1.54) is 5.56 Å². The number of benzene rings is 1. The standard InChI is InChI=1S/C14H17BrN2O/c1-10(9-18-2)17-8-11-5-6-13(15)12-4-3-7-16-14(11)12/h3-7,10,17H,8-9H2,1-2H3/t10-/m1/s1. The van der Waals surface area contributed by atoms with E-state index in [0.29, 0.717) is 12.6 Å². The molecule has 0 aliphatic rings. The number of rotatable bonds is 5. The summed E-state index contributed by atoms with van der Waals surface area (Å²) in [5.41, 5.74) is 2.25. The molecule has 2 rings (SSSR count). The molecule has 0 unspecified atom stereocenters. The molecular weight excluding hydrogens is 292 g/mol. The Morgan fingerprint density at radius 3 is 3.00 bits per heavy atom. The summed E-state index contributed by atoms with van der Waals surface area (Å²) >= 11 is 3.56. The van der Waals surface area contributed by atoms with Crippen LogP contribution in [0.1, 0.15) is 12.5 Å². The van der Waals surface area contributed by atoms with E-state index in [2.05, 4.69) is 51.4 Å². The second-order valence-corrected chi connectivity index (χ2v) is 5.20. The fourth-order valence-corrected chi connectivity index (χ4v) is 2.38. The van der Waals surface area contributed by atoms with Gasteiger partial charge in [-0.25, -0.2) is 0 Å². The third kappa shape index (κ3) is 3.07. The molecule has 0 saturated heterocycles. The minimum atomic E-state index is 0.331. The fraction of sp³-hybridized carbons (Fsp3) is 0.357. The smallest absolute Gasteiger partial charge is 0.0758 e. The normalized spacial score (nSPS) is 12.8. The molecule has 96 valence electrons. The maximum atomic E-state index is 5.11.